The molecule has 0 aromatic carbocycles. The van der Waals surface area contributed by atoms with Crippen LogP contribution < -0.4 is 10.1 Å². The highest BCUT2D eigenvalue weighted by Gasteiger charge is 2.43. The number of nitrogens with one attached hydrogen (secondary N) is 1. The van der Waals surface area contributed by atoms with Crippen molar-refractivity contribution in [1.29, 1.82) is 0 Å². The van der Waals surface area contributed by atoms with E-state index in [1.807, 2.05) is 20.8 Å². The number of hydrogen-bond donors (Lipinski definition) is 1. The maximum atomic E-state index is 12.9. The maximum absolute atomic E-state index is 12.9. The van der Waals surface area contributed by atoms with E-state index in [1.54, 1.807) is 6.07 Å². The van der Waals surface area contributed by atoms with Crippen LogP contribution in [-0.4, -0.2) is 36.3 Å². The van der Waals surface area contributed by atoms with Gasteiger partial charge in [-0.1, -0.05) is 25.9 Å². The number of rotatable bonds is 5. The second-order valence-corrected chi connectivity index (χ2v) is 9.83. The first-order valence-electron chi connectivity index (χ1n) is 7.93. The Bertz CT molecular complexity index is 893. The van der Waals surface area contributed by atoms with Crippen LogP contribution in [0.5, 0.6) is 5.88 Å². The number of sulfone groups is 1. The molecule has 0 spiro atoms. The minimum absolute atomic E-state index is 0.0750. The largest absolute Gasteiger partial charge is 0.481 e. The monoisotopic (exact) mass is 381 g/mol. The van der Waals surface area contributed by atoms with Crippen LogP contribution in [-0.2, 0) is 20.0 Å². The van der Waals surface area contributed by atoms with E-state index in [1.165, 1.54) is 33.1 Å². The van der Waals surface area contributed by atoms with Crippen LogP contribution in [0.3, 0.4) is 0 Å². The fraction of sp³-hybridized carbons (Fsp3) is 0.471. The summed E-state index contributed by atoms with van der Waals surface area (Å²) >= 11 is 0. The van der Waals surface area contributed by atoms with Crippen molar-refractivity contribution in [3.8, 4) is 5.88 Å². The molecular formula is C17H23N3O5S. The van der Waals surface area contributed by atoms with Crippen LogP contribution in [0.4, 0.5) is 5.82 Å². The third-order valence-electron chi connectivity index (χ3n) is 3.94. The molecule has 2 aromatic rings. The van der Waals surface area contributed by atoms with Gasteiger partial charge in [0.15, 0.2) is 15.7 Å². The third kappa shape index (κ3) is 3.72. The molecule has 2 rings (SSSR count). The number of ether oxygens (including phenoxy) is 1. The molecule has 142 valence electrons. The number of pyridine rings is 1. The molecule has 26 heavy (non-hydrogen) atoms. The Labute approximate surface area is 152 Å². The Morgan fingerprint density at radius 1 is 1.19 bits per heavy atom. The number of hydrogen-bond acceptors (Lipinski definition) is 7. The van der Waals surface area contributed by atoms with Gasteiger partial charge in [0.2, 0.25) is 11.8 Å². The van der Waals surface area contributed by atoms with Gasteiger partial charge in [-0.25, -0.2) is 13.4 Å². The molecule has 0 bridgehead atoms. The van der Waals surface area contributed by atoms with Gasteiger partial charge in [0.25, 0.3) is 0 Å². The second-order valence-electron chi connectivity index (χ2n) is 7.33. The lowest BCUT2D eigenvalue weighted by Gasteiger charge is -2.23. The quantitative estimate of drug-likeness (QED) is 0.847. The zero-order chi connectivity index (χ0) is 19.8. The molecule has 0 aliphatic heterocycles. The number of anilines is 1. The van der Waals surface area contributed by atoms with Gasteiger partial charge in [-0.2, -0.15) is 0 Å². The third-order valence-corrected chi connectivity index (χ3v) is 6.33. The molecule has 0 atom stereocenters. The maximum Gasteiger partial charge on any atom is 0.246 e. The molecule has 9 heteroatoms. The number of nitrogens with zero attached hydrogens (tertiary/aromatic N) is 2. The van der Waals surface area contributed by atoms with Gasteiger partial charge in [-0.05, 0) is 19.9 Å². The van der Waals surface area contributed by atoms with Gasteiger partial charge in [0.05, 0.1) is 12.0 Å². The fourth-order valence-corrected chi connectivity index (χ4v) is 3.34. The van der Waals surface area contributed by atoms with Crippen molar-refractivity contribution in [2.45, 2.75) is 49.7 Å². The van der Waals surface area contributed by atoms with E-state index < -0.39 is 20.5 Å². The molecule has 0 saturated heterocycles. The summed E-state index contributed by atoms with van der Waals surface area (Å²) in [6.07, 6.45) is 1.16. The van der Waals surface area contributed by atoms with E-state index in [4.69, 9.17) is 9.26 Å². The smallest absolute Gasteiger partial charge is 0.246 e. The van der Waals surface area contributed by atoms with Crippen molar-refractivity contribution in [2.75, 3.05) is 12.4 Å². The topological polar surface area (TPSA) is 111 Å². The van der Waals surface area contributed by atoms with E-state index in [-0.39, 0.29) is 22.0 Å². The van der Waals surface area contributed by atoms with Gasteiger partial charge < -0.3 is 14.6 Å². The van der Waals surface area contributed by atoms with Gasteiger partial charge in [0, 0.05) is 23.7 Å². The summed E-state index contributed by atoms with van der Waals surface area (Å²) in [6, 6.07) is 4.35. The van der Waals surface area contributed by atoms with E-state index >= 15 is 0 Å². The number of methoxy groups -OCH3 is 1. The van der Waals surface area contributed by atoms with Crippen molar-refractivity contribution in [2.24, 2.45) is 0 Å². The molecule has 0 radical (unpaired) electrons. The molecule has 2 aromatic heterocycles. The van der Waals surface area contributed by atoms with Crippen molar-refractivity contribution in [3.63, 3.8) is 0 Å². The molecule has 2 heterocycles. The molecule has 1 amide bonds. The van der Waals surface area contributed by atoms with Crippen molar-refractivity contribution < 1.29 is 22.5 Å². The molecule has 0 aliphatic rings. The lowest BCUT2D eigenvalue weighted by atomic mass is 9.93. The predicted molar refractivity (Wildman–Crippen MR) is 95.9 cm³/mol. The Hall–Kier alpha value is -2.42. The lowest BCUT2D eigenvalue weighted by molar-refractivity contribution is -0.117. The SMILES string of the molecule is COc1ccc(S(=O)(=O)C(C)(C)C(=O)Nc2cc(C(C)(C)C)on2)cn1. The van der Waals surface area contributed by atoms with Crippen molar-refractivity contribution in [3.05, 3.63) is 30.2 Å². The summed E-state index contributed by atoms with van der Waals surface area (Å²) in [5.41, 5.74) is -0.285. The Morgan fingerprint density at radius 3 is 2.31 bits per heavy atom. The van der Waals surface area contributed by atoms with E-state index in [0.29, 0.717) is 5.76 Å². The molecule has 8 nitrogen and oxygen atoms in total. The van der Waals surface area contributed by atoms with Gasteiger partial charge in [0.1, 0.15) is 10.5 Å². The normalized spacial score (nSPS) is 12.7. The van der Waals surface area contributed by atoms with Gasteiger partial charge in [-0.3, -0.25) is 4.79 Å². The number of amides is 1. The lowest BCUT2D eigenvalue weighted by Crippen LogP contribution is -2.44. The van der Waals surface area contributed by atoms with E-state index in [2.05, 4.69) is 15.5 Å². The number of carbonyl (C=O) groups excluding carboxylic acids is 1. The average Bonchev–Trinajstić information content (AvgIpc) is 3.03. The highest BCUT2D eigenvalue weighted by molar-refractivity contribution is 7.93. The minimum atomic E-state index is -3.99. The number of aromatic nitrogens is 2. The summed E-state index contributed by atoms with van der Waals surface area (Å²) in [5.74, 6) is 0.300. The van der Waals surface area contributed by atoms with Crippen LogP contribution in [0.2, 0.25) is 0 Å². The summed E-state index contributed by atoms with van der Waals surface area (Å²) < 4.78 is 34.1. The summed E-state index contributed by atoms with van der Waals surface area (Å²) in [7, 11) is -2.56. The van der Waals surface area contributed by atoms with E-state index in [9.17, 15) is 13.2 Å². The standard InChI is InChI=1S/C17H23N3O5S/c1-16(2,3)12-9-13(20-25-12)19-15(21)17(4,5)26(22,23)11-7-8-14(24-6)18-10-11/h7-10H,1-6H3,(H,19,20,21). The Morgan fingerprint density at radius 2 is 1.85 bits per heavy atom. The molecule has 0 unspecified atom stereocenters. The van der Waals surface area contributed by atoms with Crippen LogP contribution in [0.25, 0.3) is 0 Å². The first-order valence-corrected chi connectivity index (χ1v) is 9.41. The summed E-state index contributed by atoms with van der Waals surface area (Å²) in [4.78, 5) is 16.4. The van der Waals surface area contributed by atoms with Crippen LogP contribution in [0, 0.1) is 0 Å². The second kappa shape index (κ2) is 6.71. The minimum Gasteiger partial charge on any atom is -0.481 e. The fourth-order valence-electron chi connectivity index (χ4n) is 2.02. The Kier molecular flexibility index (Phi) is 5.14. The first-order chi connectivity index (χ1) is 11.9. The summed E-state index contributed by atoms with van der Waals surface area (Å²) in [6.45, 7) is 8.46. The summed E-state index contributed by atoms with van der Waals surface area (Å²) in [5, 5.41) is 6.29. The molecule has 0 fully saturated rings. The van der Waals surface area contributed by atoms with Crippen LogP contribution >= 0.6 is 0 Å². The van der Waals surface area contributed by atoms with Crippen LogP contribution in [0.1, 0.15) is 40.4 Å². The van der Waals surface area contributed by atoms with Crippen molar-refractivity contribution in [1.82, 2.24) is 10.1 Å². The highest BCUT2D eigenvalue weighted by Crippen LogP contribution is 2.29. The average molecular weight is 381 g/mol. The molecule has 0 aliphatic carbocycles. The van der Waals surface area contributed by atoms with Gasteiger partial charge >= 0.3 is 0 Å². The van der Waals surface area contributed by atoms with E-state index in [0.717, 1.165) is 6.20 Å². The molecule has 0 saturated carbocycles. The Balaban J connectivity index is 2.26. The zero-order valence-corrected chi connectivity index (χ0v) is 16.5. The van der Waals surface area contributed by atoms with Crippen LogP contribution in [0.15, 0.2) is 33.8 Å². The molecular weight excluding hydrogens is 358 g/mol. The zero-order valence-electron chi connectivity index (χ0n) is 15.7. The number of carbonyl (C=O) groups is 1. The highest BCUT2D eigenvalue weighted by atomic mass is 32.2. The predicted octanol–water partition coefficient (Wildman–Crippen LogP) is 2.57. The first kappa shape index (κ1) is 19.9. The van der Waals surface area contributed by atoms with Crippen molar-refractivity contribution >= 4 is 21.6 Å². The molecule has 1 N–H and O–H groups in total. The van der Waals surface area contributed by atoms with Gasteiger partial charge in [-0.15, -0.1) is 0 Å².